The lowest BCUT2D eigenvalue weighted by Gasteiger charge is -2.43. The number of esters is 1. The molecule has 2 bridgehead atoms. The lowest BCUT2D eigenvalue weighted by molar-refractivity contribution is -0.165. The van der Waals surface area contributed by atoms with Gasteiger partial charge in [0, 0.05) is 26.3 Å². The van der Waals surface area contributed by atoms with Crippen LogP contribution in [0.25, 0.3) is 0 Å². The number of rotatable bonds is 13. The fourth-order valence-electron chi connectivity index (χ4n) is 8.07. The number of hydrogen-bond acceptors (Lipinski definition) is 12. The van der Waals surface area contributed by atoms with Crippen LogP contribution >= 0.6 is 15.9 Å². The quantitative estimate of drug-likeness (QED) is 0.105. The smallest absolute Gasteiger partial charge is 0.329 e. The normalized spacial score (nSPS) is 24.6. The van der Waals surface area contributed by atoms with Gasteiger partial charge in [0.25, 0.3) is 11.8 Å². The topological polar surface area (TPSA) is 282 Å². The number of piperidine rings is 1. The van der Waals surface area contributed by atoms with Gasteiger partial charge in [-0.1, -0.05) is 77.1 Å². The van der Waals surface area contributed by atoms with Crippen LogP contribution in [0.5, 0.6) is 5.75 Å². The van der Waals surface area contributed by atoms with Crippen molar-refractivity contribution in [2.45, 2.75) is 149 Å². The summed E-state index contributed by atoms with van der Waals surface area (Å²) in [6, 6.07) is 3.53. The summed E-state index contributed by atoms with van der Waals surface area (Å²) < 4.78 is 6.16. The Balaban J connectivity index is 1.83. The van der Waals surface area contributed by atoms with E-state index < -0.39 is 114 Å². The van der Waals surface area contributed by atoms with Crippen molar-refractivity contribution < 1.29 is 58.1 Å². The van der Waals surface area contributed by atoms with Crippen molar-refractivity contribution in [3.63, 3.8) is 0 Å². The van der Waals surface area contributed by atoms with Crippen LogP contribution in [0.15, 0.2) is 64.8 Å². The summed E-state index contributed by atoms with van der Waals surface area (Å²) >= 11 is 3.30. The van der Waals surface area contributed by atoms with E-state index in [9.17, 15) is 48.6 Å². The van der Waals surface area contributed by atoms with Crippen LogP contribution in [0, 0.1) is 11.8 Å². The number of aromatic hydroxyl groups is 1. The molecule has 8 N–H and O–H groups in total. The third-order valence-electron chi connectivity index (χ3n) is 12.2. The van der Waals surface area contributed by atoms with E-state index in [2.05, 4.69) is 47.8 Å². The van der Waals surface area contributed by atoms with Gasteiger partial charge >= 0.3 is 5.97 Å². The van der Waals surface area contributed by atoms with E-state index in [1.54, 1.807) is 77.1 Å². The molecule has 9 atom stereocenters. The summed E-state index contributed by atoms with van der Waals surface area (Å²) in [5.41, 5.74) is 0.712. The Bertz CT molecular complexity index is 2290. The summed E-state index contributed by atoms with van der Waals surface area (Å²) in [6.07, 6.45) is -1.51. The fraction of sp³-hybridized carbons (Fsp3) is 0.531. The predicted octanol–water partition coefficient (Wildman–Crippen LogP) is 1.60. The largest absolute Gasteiger partial charge is 0.507 e. The fourth-order valence-corrected chi connectivity index (χ4v) is 8.50. The Morgan fingerprint density at radius 3 is 2.13 bits per heavy atom. The van der Waals surface area contributed by atoms with Crippen LogP contribution in [0.4, 0.5) is 0 Å². The maximum Gasteiger partial charge on any atom is 0.329 e. The number of aliphatic hydroxyl groups excluding tert-OH is 1. The van der Waals surface area contributed by atoms with Gasteiger partial charge < -0.3 is 56.7 Å². The highest BCUT2D eigenvalue weighted by molar-refractivity contribution is 9.10. The molecule has 2 fully saturated rings. The van der Waals surface area contributed by atoms with Gasteiger partial charge in [0.1, 0.15) is 66.1 Å². The van der Waals surface area contributed by atoms with E-state index in [1.165, 1.54) is 40.0 Å². The molecule has 0 unspecified atom stereocenters. The van der Waals surface area contributed by atoms with E-state index in [0.717, 1.165) is 9.80 Å². The average molecular weight is 1040 g/mol. The number of ether oxygens (including phenoxy) is 1. The zero-order valence-electron chi connectivity index (χ0n) is 41.0. The van der Waals surface area contributed by atoms with Crippen LogP contribution in [-0.2, 0) is 60.7 Å². The van der Waals surface area contributed by atoms with Crippen LogP contribution in [0.1, 0.15) is 92.2 Å². The molecule has 20 nitrogen and oxygen atoms in total. The van der Waals surface area contributed by atoms with Gasteiger partial charge in [0.15, 0.2) is 0 Å². The Kier molecular flexibility index (Phi) is 20.5. The lowest BCUT2D eigenvalue weighted by Crippen LogP contribution is -2.64. The highest BCUT2D eigenvalue weighted by atomic mass is 79.9. The highest BCUT2D eigenvalue weighted by Gasteiger charge is 2.45. The summed E-state index contributed by atoms with van der Waals surface area (Å²) in [5.74, 6) is -8.72. The number of hydrogen-bond donors (Lipinski definition) is 8. The molecule has 2 aliphatic rings. The Labute approximate surface area is 416 Å². The second-order valence-electron chi connectivity index (χ2n) is 18.3. The van der Waals surface area contributed by atoms with Gasteiger partial charge in [-0.2, -0.15) is 0 Å². The number of phenolic OH excluding ortho intramolecular Hbond substituents is 1. The molecule has 0 spiro atoms. The Morgan fingerprint density at radius 1 is 0.871 bits per heavy atom. The third kappa shape index (κ3) is 14.6. The summed E-state index contributed by atoms with van der Waals surface area (Å²) in [7, 11) is 1.35. The minimum atomic E-state index is -1.75. The molecule has 8 amide bonds. The van der Waals surface area contributed by atoms with E-state index in [0.29, 0.717) is 22.0 Å². The predicted molar refractivity (Wildman–Crippen MR) is 259 cm³/mol. The molecule has 2 saturated heterocycles. The van der Waals surface area contributed by atoms with Gasteiger partial charge in [-0.25, -0.2) is 4.79 Å². The van der Waals surface area contributed by atoms with E-state index in [1.807, 2.05) is 0 Å². The number of carbonyl (C=O) groups excluding carboxylic acids is 9. The van der Waals surface area contributed by atoms with Crippen LogP contribution < -0.4 is 31.9 Å². The van der Waals surface area contributed by atoms with Crippen molar-refractivity contribution >= 4 is 69.2 Å². The summed E-state index contributed by atoms with van der Waals surface area (Å²) in [5, 5.41) is 37.3. The zero-order chi connectivity index (χ0) is 52.1. The first-order chi connectivity index (χ1) is 33.0. The van der Waals surface area contributed by atoms with Crippen molar-refractivity contribution in [2.75, 3.05) is 7.05 Å². The molecule has 382 valence electrons. The summed E-state index contributed by atoms with van der Waals surface area (Å²) in [6.45, 7) is 12.5. The summed E-state index contributed by atoms with van der Waals surface area (Å²) in [4.78, 5) is 129. The van der Waals surface area contributed by atoms with E-state index in [-0.39, 0.29) is 49.5 Å². The Morgan fingerprint density at radius 2 is 1.53 bits per heavy atom. The number of allylic oxidation sites excluding steroid dienone is 1. The Hall–Kier alpha value is -6.35. The van der Waals surface area contributed by atoms with Gasteiger partial charge in [0.2, 0.25) is 35.4 Å². The second-order valence-corrected chi connectivity index (χ2v) is 19.2. The zero-order valence-corrected chi connectivity index (χ0v) is 42.6. The number of halogens is 1. The number of amides is 8. The number of carbonyl (C=O) groups is 9. The van der Waals surface area contributed by atoms with Crippen molar-refractivity contribution in [1.82, 2.24) is 41.7 Å². The minimum absolute atomic E-state index is 0.0680. The number of phenols is 1. The van der Waals surface area contributed by atoms with Crippen molar-refractivity contribution in [3.05, 3.63) is 75.9 Å². The molecule has 2 aliphatic heterocycles. The van der Waals surface area contributed by atoms with Gasteiger partial charge in [-0.15, -0.1) is 0 Å². The van der Waals surface area contributed by atoms with Gasteiger partial charge in [-0.05, 0) is 91.1 Å². The number of likely N-dealkylation sites (N-methyl/N-ethyl adjacent to an activating group) is 1. The number of nitrogens with one attached hydrogen (secondary N) is 6. The van der Waals surface area contributed by atoms with Gasteiger partial charge in [0.05, 0.1) is 4.47 Å². The number of benzene rings is 2. The van der Waals surface area contributed by atoms with Crippen LogP contribution in [0.2, 0.25) is 0 Å². The highest BCUT2D eigenvalue weighted by Crippen LogP contribution is 2.28. The van der Waals surface area contributed by atoms with E-state index in [4.69, 9.17) is 4.74 Å². The van der Waals surface area contributed by atoms with Gasteiger partial charge in [-0.3, -0.25) is 38.4 Å². The first kappa shape index (κ1) is 56.2. The van der Waals surface area contributed by atoms with Crippen molar-refractivity contribution in [3.8, 4) is 5.75 Å². The maximum atomic E-state index is 15.0. The molecule has 2 aromatic carbocycles. The first-order valence-electron chi connectivity index (χ1n) is 23.5. The SMILES string of the molecule is CC=C1NC(=O)[C@@H](NC(=O)[C@@H](NC(=O)[C@H](C)NC(=O)CCC)C(C)C)[C@@H](C)OC(=O)[C@H](C(C)C)NC(=O)[C@H](Cc2ccc(O)c(Br)c2)N(C)C(=O)[C@H](Cc2ccccc2)N2C(=O)[C@H](CC[C@H]2O)NC1=O. The standard InChI is InChI=1S/C49H67BrN8O12/c1-10-15-37(60)51-27(7)42(62)54-39(25(3)4)45(65)56-41-28(8)70-49(69)40(26(5)6)55-44(64)34(24-30-18-20-36(59)31(50)22-30)57(9)48(68)35(23-29-16-13-12-14-17-29)58-38(61)21-19-33(47(58)67)53-43(63)32(11-2)52-46(41)66/h11-14,16-18,20,22,25-28,33-35,38-41,59,61H,10,15,19,21,23-24H2,1-9H3,(H,51,60)(H,52,66)(H,53,63)(H,54,62)(H,55,64)(H,56,65)/t27-,28+,33-,34-,35-,38+,39-,40-,41-/m0/s1. The van der Waals surface area contributed by atoms with Crippen molar-refractivity contribution in [2.24, 2.45) is 11.8 Å². The monoisotopic (exact) mass is 1040 g/mol. The van der Waals surface area contributed by atoms with Crippen molar-refractivity contribution in [1.29, 1.82) is 0 Å². The molecular formula is C49H67BrN8O12. The molecule has 2 aromatic rings. The molecule has 0 aliphatic carbocycles. The molecule has 0 saturated carbocycles. The molecule has 2 heterocycles. The third-order valence-corrected chi connectivity index (χ3v) is 12.8. The average Bonchev–Trinajstić information content (AvgIpc) is 3.30. The molecule has 21 heteroatoms. The molecule has 0 radical (unpaired) electrons. The lowest BCUT2D eigenvalue weighted by atomic mass is 9.95. The molecule has 4 rings (SSSR count). The second kappa shape index (κ2) is 25.5. The minimum Gasteiger partial charge on any atom is -0.507 e. The number of fused-ring (bicyclic) bond motifs is 2. The molecule has 0 aromatic heterocycles. The van der Waals surface area contributed by atoms with E-state index >= 15 is 4.79 Å². The van der Waals surface area contributed by atoms with Crippen LogP contribution in [0.3, 0.4) is 0 Å². The number of aliphatic hydroxyl groups is 1. The molecule has 70 heavy (non-hydrogen) atoms. The number of nitrogens with zero attached hydrogens (tertiary/aromatic N) is 2. The molecular weight excluding hydrogens is 972 g/mol. The first-order valence-corrected chi connectivity index (χ1v) is 24.3. The maximum absolute atomic E-state index is 15.0. The van der Waals surface area contributed by atoms with Crippen LogP contribution in [-0.4, -0.2) is 135 Å². The number of cyclic esters (lactones) is 1.